The van der Waals surface area contributed by atoms with E-state index in [1.165, 1.54) is 6.20 Å². The van der Waals surface area contributed by atoms with Gasteiger partial charge in [-0.25, -0.2) is 9.97 Å². The minimum Gasteiger partial charge on any atom is -0.345 e. The highest BCUT2D eigenvalue weighted by atomic mass is 19.4. The summed E-state index contributed by atoms with van der Waals surface area (Å²) in [6.45, 7) is 0.918. The van der Waals surface area contributed by atoms with Crippen molar-refractivity contribution in [3.05, 3.63) is 47.3 Å². The van der Waals surface area contributed by atoms with Crippen molar-refractivity contribution in [3.8, 4) is 0 Å². The molecule has 1 amide bonds. The number of rotatable bonds is 3. The van der Waals surface area contributed by atoms with Gasteiger partial charge in [0.25, 0.3) is 0 Å². The lowest BCUT2D eigenvalue weighted by atomic mass is 9.67. The first-order valence-electron chi connectivity index (χ1n) is 9.75. The molecule has 158 valence electrons. The maximum atomic E-state index is 13.6. The van der Waals surface area contributed by atoms with Crippen LogP contribution in [0.3, 0.4) is 0 Å². The summed E-state index contributed by atoms with van der Waals surface area (Å²) in [5, 5.41) is 2.19. The monoisotopic (exact) mass is 418 g/mol. The Balaban J connectivity index is 1.75. The van der Waals surface area contributed by atoms with Crippen molar-refractivity contribution in [2.75, 3.05) is 16.8 Å². The van der Waals surface area contributed by atoms with Crippen LogP contribution in [-0.4, -0.2) is 34.4 Å². The molecule has 9 heteroatoms. The van der Waals surface area contributed by atoms with Crippen LogP contribution in [0.5, 0.6) is 0 Å². The van der Waals surface area contributed by atoms with Crippen molar-refractivity contribution in [2.24, 2.45) is 0 Å². The first-order valence-corrected chi connectivity index (χ1v) is 9.75. The number of anilines is 2. The first-order chi connectivity index (χ1) is 14.2. The molecule has 1 spiro atoms. The number of aromatic nitrogens is 2. The number of nitrogens with one attached hydrogen (secondary N) is 1. The van der Waals surface area contributed by atoms with Crippen LogP contribution in [0.4, 0.5) is 24.8 Å². The van der Waals surface area contributed by atoms with Gasteiger partial charge in [0.15, 0.2) is 0 Å². The number of benzene rings is 1. The molecule has 1 N–H and O–H groups in total. The molecule has 0 bridgehead atoms. The van der Waals surface area contributed by atoms with Crippen LogP contribution in [0.15, 0.2) is 30.5 Å². The minimum absolute atomic E-state index is 0.0758. The third-order valence-corrected chi connectivity index (χ3v) is 5.75. The lowest BCUT2D eigenvalue weighted by molar-refractivity contribution is -0.129. The number of nitrogens with zero attached hydrogens (tertiary/aromatic N) is 3. The number of Topliss-reactive ketones (excluding diaryl/α,β-unsaturated/α-hetero) is 1. The van der Waals surface area contributed by atoms with Crippen LogP contribution in [0, 0.1) is 6.92 Å². The van der Waals surface area contributed by atoms with E-state index in [2.05, 4.69) is 15.3 Å². The summed E-state index contributed by atoms with van der Waals surface area (Å²) in [6.07, 6.45) is -1.88. The van der Waals surface area contributed by atoms with Crippen LogP contribution in [-0.2, 0) is 21.5 Å². The molecule has 2 aliphatic rings. The number of alkyl halides is 3. The zero-order chi connectivity index (χ0) is 21.5. The van der Waals surface area contributed by atoms with E-state index in [1.807, 2.05) is 31.2 Å². The van der Waals surface area contributed by atoms with Crippen LogP contribution < -0.4 is 10.2 Å². The van der Waals surface area contributed by atoms with Crippen molar-refractivity contribution >= 4 is 23.3 Å². The maximum Gasteiger partial charge on any atom is 0.405 e. The topological polar surface area (TPSA) is 75.2 Å². The van der Waals surface area contributed by atoms with Gasteiger partial charge < -0.3 is 10.2 Å². The predicted octanol–water partition coefficient (Wildman–Crippen LogP) is 3.69. The number of aryl methyl sites for hydroxylation is 1. The first kappa shape index (κ1) is 20.3. The number of hydrogen-bond acceptors (Lipinski definition) is 5. The van der Waals surface area contributed by atoms with E-state index < -0.39 is 18.1 Å². The number of carbonyl (C=O) groups is 2. The molecule has 2 aromatic rings. The zero-order valence-electron chi connectivity index (χ0n) is 16.4. The molecular weight excluding hydrogens is 397 g/mol. The van der Waals surface area contributed by atoms with E-state index in [1.54, 1.807) is 4.90 Å². The van der Waals surface area contributed by atoms with Crippen molar-refractivity contribution in [2.45, 2.75) is 50.7 Å². The average molecular weight is 418 g/mol. The number of carbonyl (C=O) groups excluding carboxylic acids is 2. The molecule has 30 heavy (non-hydrogen) atoms. The molecule has 1 aliphatic carbocycles. The fraction of sp³-hybridized carbons (Fsp3) is 0.429. The summed E-state index contributed by atoms with van der Waals surface area (Å²) in [7, 11) is 0. The van der Waals surface area contributed by atoms with Gasteiger partial charge >= 0.3 is 6.18 Å². The molecule has 2 heterocycles. The standard InChI is InChI=1S/C21H21F3N4O2/c1-13-2-4-15(5-3-13)28-11-14-10-25-19(26-12-21(22,23)24)27-17(14)20(18(28)30)8-6-16(29)7-9-20/h2-5,10H,6-9,11-12H2,1H3,(H,25,26,27). The van der Waals surface area contributed by atoms with Gasteiger partial charge in [-0.1, -0.05) is 17.7 Å². The Hall–Kier alpha value is -2.97. The molecule has 1 aliphatic heterocycles. The van der Waals surface area contributed by atoms with Gasteiger partial charge in [0, 0.05) is 30.3 Å². The number of amides is 1. The molecular formula is C21H21F3N4O2. The summed E-state index contributed by atoms with van der Waals surface area (Å²) < 4.78 is 37.8. The molecule has 0 unspecified atom stereocenters. The molecule has 1 saturated carbocycles. The predicted molar refractivity (Wildman–Crippen MR) is 104 cm³/mol. The van der Waals surface area contributed by atoms with Gasteiger partial charge in [0.05, 0.1) is 17.7 Å². The molecule has 1 aromatic carbocycles. The summed E-state index contributed by atoms with van der Waals surface area (Å²) in [5.74, 6) is -0.266. The lowest BCUT2D eigenvalue weighted by Gasteiger charge is -2.43. The molecule has 1 fully saturated rings. The molecule has 0 radical (unpaired) electrons. The highest BCUT2D eigenvalue weighted by molar-refractivity contribution is 6.03. The fourth-order valence-electron chi connectivity index (χ4n) is 4.14. The molecule has 4 rings (SSSR count). The Labute approximate surface area is 171 Å². The molecule has 0 saturated heterocycles. The largest absolute Gasteiger partial charge is 0.405 e. The molecule has 6 nitrogen and oxygen atoms in total. The number of ketones is 1. The quantitative estimate of drug-likeness (QED) is 0.823. The van der Waals surface area contributed by atoms with Gasteiger partial charge in [-0.05, 0) is 31.9 Å². The lowest BCUT2D eigenvalue weighted by Crippen LogP contribution is -2.53. The normalized spacial score (nSPS) is 18.5. The summed E-state index contributed by atoms with van der Waals surface area (Å²) in [4.78, 5) is 35.5. The van der Waals surface area contributed by atoms with Crippen molar-refractivity contribution in [1.29, 1.82) is 0 Å². The average Bonchev–Trinajstić information content (AvgIpc) is 2.71. The minimum atomic E-state index is -4.41. The molecule has 1 aromatic heterocycles. The van der Waals surface area contributed by atoms with E-state index in [9.17, 15) is 22.8 Å². The van der Waals surface area contributed by atoms with Crippen LogP contribution in [0.2, 0.25) is 0 Å². The Morgan fingerprint density at radius 3 is 2.43 bits per heavy atom. The summed E-state index contributed by atoms with van der Waals surface area (Å²) in [5.41, 5.74) is 1.87. The molecule has 0 atom stereocenters. The van der Waals surface area contributed by atoms with Gasteiger partial charge in [0.1, 0.15) is 12.3 Å². The fourth-order valence-corrected chi connectivity index (χ4v) is 4.14. The maximum absolute atomic E-state index is 13.6. The highest BCUT2D eigenvalue weighted by Gasteiger charge is 2.51. The van der Waals surface area contributed by atoms with E-state index in [4.69, 9.17) is 0 Å². The number of halogens is 3. The summed E-state index contributed by atoms with van der Waals surface area (Å²) >= 11 is 0. The van der Waals surface area contributed by atoms with Gasteiger partial charge in [-0.15, -0.1) is 0 Å². The van der Waals surface area contributed by atoms with Crippen molar-refractivity contribution in [3.63, 3.8) is 0 Å². The third-order valence-electron chi connectivity index (χ3n) is 5.75. The third kappa shape index (κ3) is 3.76. The van der Waals surface area contributed by atoms with E-state index in [-0.39, 0.29) is 49.9 Å². The summed E-state index contributed by atoms with van der Waals surface area (Å²) in [6, 6.07) is 7.55. The van der Waals surface area contributed by atoms with E-state index >= 15 is 0 Å². The van der Waals surface area contributed by atoms with E-state index in [0.717, 1.165) is 11.3 Å². The van der Waals surface area contributed by atoms with Crippen LogP contribution >= 0.6 is 0 Å². The Kier molecular flexibility index (Phi) is 4.99. The second-order valence-electron chi connectivity index (χ2n) is 7.88. The smallest absolute Gasteiger partial charge is 0.345 e. The Morgan fingerprint density at radius 1 is 1.13 bits per heavy atom. The number of hydrogen-bond donors (Lipinski definition) is 1. The Bertz CT molecular complexity index is 979. The van der Waals surface area contributed by atoms with Crippen LogP contribution in [0.1, 0.15) is 42.5 Å². The zero-order valence-corrected chi connectivity index (χ0v) is 16.4. The van der Waals surface area contributed by atoms with Crippen molar-refractivity contribution in [1.82, 2.24) is 9.97 Å². The SMILES string of the molecule is Cc1ccc(N2Cc3cnc(NCC(F)(F)F)nc3C3(CCC(=O)CC3)C2=O)cc1. The van der Waals surface area contributed by atoms with E-state index in [0.29, 0.717) is 11.3 Å². The highest BCUT2D eigenvalue weighted by Crippen LogP contribution is 2.45. The second kappa shape index (κ2) is 7.37. The van der Waals surface area contributed by atoms with Crippen LogP contribution in [0.25, 0.3) is 0 Å². The van der Waals surface area contributed by atoms with Gasteiger partial charge in [-0.3, -0.25) is 9.59 Å². The van der Waals surface area contributed by atoms with Gasteiger partial charge in [-0.2, -0.15) is 13.2 Å². The second-order valence-corrected chi connectivity index (χ2v) is 7.88. The number of fused-ring (bicyclic) bond motifs is 2. The van der Waals surface area contributed by atoms with Gasteiger partial charge in [0.2, 0.25) is 11.9 Å². The van der Waals surface area contributed by atoms with Crippen molar-refractivity contribution < 1.29 is 22.8 Å². The Morgan fingerprint density at radius 2 is 1.80 bits per heavy atom.